The maximum Gasteiger partial charge on any atom is 0.239 e. The number of hydrogen-bond donors (Lipinski definition) is 1. The summed E-state index contributed by atoms with van der Waals surface area (Å²) in [4.78, 5) is 15.9. The molecule has 0 aliphatic carbocycles. The number of imidazole rings is 1. The number of alkyl halides is 1. The smallest absolute Gasteiger partial charge is 0.239 e. The Morgan fingerprint density at radius 3 is 3.00 bits per heavy atom. The molecule has 6 heteroatoms. The number of carbonyl (C=O) groups is 1. The molecule has 4 nitrogen and oxygen atoms in total. The van der Waals surface area contributed by atoms with Crippen molar-refractivity contribution in [2.75, 3.05) is 6.54 Å². The first kappa shape index (κ1) is 12.8. The lowest BCUT2D eigenvalue weighted by atomic mass is 10.3. The number of aromatic nitrogens is 2. The van der Waals surface area contributed by atoms with Crippen LogP contribution in [0.25, 0.3) is 11.0 Å². The Hall–Kier alpha value is -1.62. The highest BCUT2D eigenvalue weighted by Crippen LogP contribution is 2.18. The minimum absolute atomic E-state index is 0.0931. The number of benzene rings is 1. The minimum atomic E-state index is -0.360. The summed E-state index contributed by atoms with van der Waals surface area (Å²) in [6.07, 6.45) is 0. The molecule has 18 heavy (non-hydrogen) atoms. The predicted molar refractivity (Wildman–Crippen MR) is 67.9 cm³/mol. The summed E-state index contributed by atoms with van der Waals surface area (Å²) in [6, 6.07) is 4.27. The van der Waals surface area contributed by atoms with Gasteiger partial charge in [0, 0.05) is 6.54 Å². The van der Waals surface area contributed by atoms with E-state index in [2.05, 4.69) is 10.3 Å². The van der Waals surface area contributed by atoms with E-state index in [-0.39, 0.29) is 24.1 Å². The molecule has 1 aromatic heterocycles. The topological polar surface area (TPSA) is 46.9 Å². The van der Waals surface area contributed by atoms with Gasteiger partial charge in [-0.2, -0.15) is 0 Å². The van der Waals surface area contributed by atoms with Gasteiger partial charge >= 0.3 is 0 Å². The Bertz CT molecular complexity index is 582. The monoisotopic (exact) mass is 269 g/mol. The van der Waals surface area contributed by atoms with Crippen molar-refractivity contribution in [2.45, 2.75) is 19.3 Å². The number of carbonyl (C=O) groups excluding carboxylic acids is 1. The zero-order valence-corrected chi connectivity index (χ0v) is 10.7. The van der Waals surface area contributed by atoms with Crippen LogP contribution in [0.4, 0.5) is 4.39 Å². The average Bonchev–Trinajstić information content (AvgIpc) is 2.67. The van der Waals surface area contributed by atoms with Crippen LogP contribution in [0.2, 0.25) is 0 Å². The van der Waals surface area contributed by atoms with Crippen LogP contribution in [-0.2, 0) is 17.2 Å². The molecule has 1 amide bonds. The van der Waals surface area contributed by atoms with E-state index in [0.717, 1.165) is 0 Å². The van der Waals surface area contributed by atoms with Gasteiger partial charge < -0.3 is 9.88 Å². The van der Waals surface area contributed by atoms with Crippen LogP contribution in [-0.4, -0.2) is 22.0 Å². The Morgan fingerprint density at radius 2 is 2.33 bits per heavy atom. The van der Waals surface area contributed by atoms with Crippen LogP contribution >= 0.6 is 11.6 Å². The molecule has 0 aliphatic rings. The highest BCUT2D eigenvalue weighted by Gasteiger charge is 2.13. The minimum Gasteiger partial charge on any atom is -0.355 e. The number of nitrogens with zero attached hydrogens (tertiary/aromatic N) is 2. The Kier molecular flexibility index (Phi) is 3.81. The average molecular weight is 270 g/mol. The molecular weight excluding hydrogens is 257 g/mol. The second-order valence-electron chi connectivity index (χ2n) is 3.83. The summed E-state index contributed by atoms with van der Waals surface area (Å²) in [5.74, 6) is 0.229. The van der Waals surface area contributed by atoms with Crippen LogP contribution in [0, 0.1) is 5.82 Å². The normalized spacial score (nSPS) is 10.8. The summed E-state index contributed by atoms with van der Waals surface area (Å²) < 4.78 is 14.9. The molecule has 1 heterocycles. The van der Waals surface area contributed by atoms with Crippen LogP contribution in [0.3, 0.4) is 0 Å². The summed E-state index contributed by atoms with van der Waals surface area (Å²) in [5.41, 5.74) is 1.22. The van der Waals surface area contributed by atoms with Crippen molar-refractivity contribution in [1.29, 1.82) is 0 Å². The molecule has 1 aromatic carbocycles. The SMILES string of the molecule is CCNC(=O)Cn1c(CCl)nc2ccc(F)cc21. The zero-order chi connectivity index (χ0) is 13.1. The van der Waals surface area contributed by atoms with Gasteiger partial charge in [-0.15, -0.1) is 11.6 Å². The van der Waals surface area contributed by atoms with Gasteiger partial charge in [-0.1, -0.05) is 0 Å². The third-order valence-electron chi connectivity index (χ3n) is 2.58. The van der Waals surface area contributed by atoms with Gasteiger partial charge in [0.1, 0.15) is 18.2 Å². The predicted octanol–water partition coefficient (Wildman–Crippen LogP) is 2.05. The van der Waals surface area contributed by atoms with Gasteiger partial charge in [-0.25, -0.2) is 9.37 Å². The first-order chi connectivity index (χ1) is 8.65. The molecule has 0 fully saturated rings. The first-order valence-electron chi connectivity index (χ1n) is 5.63. The summed E-state index contributed by atoms with van der Waals surface area (Å²) in [6.45, 7) is 2.48. The van der Waals surface area contributed by atoms with Gasteiger partial charge in [0.2, 0.25) is 5.91 Å². The highest BCUT2D eigenvalue weighted by molar-refractivity contribution is 6.16. The summed E-state index contributed by atoms with van der Waals surface area (Å²) in [5, 5.41) is 2.69. The van der Waals surface area contributed by atoms with Gasteiger partial charge in [0.25, 0.3) is 0 Å². The van der Waals surface area contributed by atoms with Crippen LogP contribution < -0.4 is 5.32 Å². The third kappa shape index (κ3) is 2.46. The van der Waals surface area contributed by atoms with Crippen molar-refractivity contribution in [3.8, 4) is 0 Å². The molecule has 0 saturated heterocycles. The summed E-state index contributed by atoms with van der Waals surface area (Å²) in [7, 11) is 0. The van der Waals surface area contributed by atoms with E-state index in [9.17, 15) is 9.18 Å². The number of rotatable bonds is 4. The maximum absolute atomic E-state index is 13.2. The number of nitrogens with one attached hydrogen (secondary N) is 1. The fraction of sp³-hybridized carbons (Fsp3) is 0.333. The quantitative estimate of drug-likeness (QED) is 0.864. The number of halogens is 2. The number of fused-ring (bicyclic) bond motifs is 1. The van der Waals surface area contributed by atoms with Crippen molar-refractivity contribution in [1.82, 2.24) is 14.9 Å². The second kappa shape index (κ2) is 5.35. The lowest BCUT2D eigenvalue weighted by Gasteiger charge is -2.07. The Balaban J connectivity index is 2.45. The van der Waals surface area contributed by atoms with E-state index < -0.39 is 0 Å². The molecule has 0 atom stereocenters. The molecule has 2 rings (SSSR count). The molecule has 0 saturated carbocycles. The molecule has 0 radical (unpaired) electrons. The van der Waals surface area contributed by atoms with Crippen molar-refractivity contribution in [2.24, 2.45) is 0 Å². The van der Waals surface area contributed by atoms with Gasteiger partial charge in [-0.3, -0.25) is 4.79 Å². The fourth-order valence-corrected chi connectivity index (χ4v) is 2.02. The van der Waals surface area contributed by atoms with Crippen LogP contribution in [0.1, 0.15) is 12.7 Å². The molecule has 96 valence electrons. The molecule has 0 spiro atoms. The van der Waals surface area contributed by atoms with Gasteiger partial charge in [0.05, 0.1) is 16.9 Å². The first-order valence-corrected chi connectivity index (χ1v) is 6.16. The van der Waals surface area contributed by atoms with E-state index in [0.29, 0.717) is 23.4 Å². The Morgan fingerprint density at radius 1 is 1.56 bits per heavy atom. The molecule has 1 N–H and O–H groups in total. The van der Waals surface area contributed by atoms with E-state index in [4.69, 9.17) is 11.6 Å². The summed E-state index contributed by atoms with van der Waals surface area (Å²) >= 11 is 5.80. The molecule has 0 aliphatic heterocycles. The highest BCUT2D eigenvalue weighted by atomic mass is 35.5. The molecular formula is C12H13ClFN3O. The van der Waals surface area contributed by atoms with Crippen molar-refractivity contribution in [3.63, 3.8) is 0 Å². The van der Waals surface area contributed by atoms with Crippen molar-refractivity contribution < 1.29 is 9.18 Å². The van der Waals surface area contributed by atoms with Crippen LogP contribution in [0.15, 0.2) is 18.2 Å². The lowest BCUT2D eigenvalue weighted by molar-refractivity contribution is -0.121. The largest absolute Gasteiger partial charge is 0.355 e. The van der Waals surface area contributed by atoms with Gasteiger partial charge in [-0.05, 0) is 25.1 Å². The zero-order valence-electron chi connectivity index (χ0n) is 9.91. The van der Waals surface area contributed by atoms with E-state index in [1.54, 1.807) is 10.6 Å². The second-order valence-corrected chi connectivity index (χ2v) is 4.10. The van der Waals surface area contributed by atoms with E-state index in [1.165, 1.54) is 12.1 Å². The van der Waals surface area contributed by atoms with Gasteiger partial charge in [0.15, 0.2) is 0 Å². The number of hydrogen-bond acceptors (Lipinski definition) is 2. The van der Waals surface area contributed by atoms with Crippen LogP contribution in [0.5, 0.6) is 0 Å². The van der Waals surface area contributed by atoms with E-state index in [1.807, 2.05) is 6.92 Å². The van der Waals surface area contributed by atoms with E-state index >= 15 is 0 Å². The Labute approximate surface area is 109 Å². The third-order valence-corrected chi connectivity index (χ3v) is 2.82. The van der Waals surface area contributed by atoms with Crippen molar-refractivity contribution >= 4 is 28.5 Å². The molecule has 2 aromatic rings. The molecule has 0 unspecified atom stereocenters. The molecule has 0 bridgehead atoms. The number of amides is 1. The van der Waals surface area contributed by atoms with Crippen molar-refractivity contribution in [3.05, 3.63) is 29.8 Å². The lowest BCUT2D eigenvalue weighted by Crippen LogP contribution is -2.27. The standard InChI is InChI=1S/C12H13ClFN3O/c1-2-15-12(18)7-17-10-5-8(14)3-4-9(10)16-11(17)6-13/h3-5H,2,6-7H2,1H3,(H,15,18). The number of likely N-dealkylation sites (N-methyl/N-ethyl adjacent to an activating group) is 1. The maximum atomic E-state index is 13.2. The fourth-order valence-electron chi connectivity index (χ4n) is 1.82.